The number of aryl methyl sites for hydroxylation is 1. The second kappa shape index (κ2) is 2.49. The summed E-state index contributed by atoms with van der Waals surface area (Å²) in [5.74, 6) is 1.62. The zero-order valence-corrected chi connectivity index (χ0v) is 5.56. The van der Waals surface area contributed by atoms with Crippen molar-refractivity contribution in [2.75, 3.05) is 0 Å². The van der Waals surface area contributed by atoms with Gasteiger partial charge in [-0.15, -0.1) is 6.42 Å². The van der Waals surface area contributed by atoms with Crippen LogP contribution in [-0.4, -0.2) is 4.98 Å². The van der Waals surface area contributed by atoms with E-state index >= 15 is 0 Å². The van der Waals surface area contributed by atoms with Crippen molar-refractivity contribution in [3.63, 3.8) is 0 Å². The molecule has 0 spiro atoms. The maximum atomic E-state index is 12.5. The molecule has 10 heavy (non-hydrogen) atoms. The minimum Gasteiger partial charge on any atom is -0.227 e. The van der Waals surface area contributed by atoms with Gasteiger partial charge in [0.15, 0.2) is 0 Å². The zero-order chi connectivity index (χ0) is 7.56. The van der Waals surface area contributed by atoms with Gasteiger partial charge >= 0.3 is 0 Å². The summed E-state index contributed by atoms with van der Waals surface area (Å²) in [5.41, 5.74) is 1.09. The number of nitrogens with zero attached hydrogens (tertiary/aromatic N) is 1. The summed E-state index contributed by atoms with van der Waals surface area (Å²) in [5, 5.41) is 0. The highest BCUT2D eigenvalue weighted by Crippen LogP contribution is 2.03. The van der Waals surface area contributed by atoms with Crippen LogP contribution >= 0.6 is 0 Å². The normalized spacial score (nSPS) is 8.90. The second-order valence-electron chi connectivity index (χ2n) is 2.00. The standard InChI is InChI=1S/C8H6FN/c1-3-7-4-6(2)5-10-8(7)9/h1,4-5H,2H3. The van der Waals surface area contributed by atoms with Crippen LogP contribution in [0.2, 0.25) is 0 Å². The lowest BCUT2D eigenvalue weighted by Gasteiger charge is -1.93. The van der Waals surface area contributed by atoms with Crippen molar-refractivity contribution in [3.05, 3.63) is 29.3 Å². The molecule has 1 aromatic heterocycles. The molecule has 0 unspecified atom stereocenters. The third kappa shape index (κ3) is 1.14. The van der Waals surface area contributed by atoms with Gasteiger partial charge in [-0.05, 0) is 18.6 Å². The van der Waals surface area contributed by atoms with Crippen LogP contribution in [0.3, 0.4) is 0 Å². The van der Waals surface area contributed by atoms with Gasteiger partial charge in [0.1, 0.15) is 0 Å². The van der Waals surface area contributed by atoms with Crippen molar-refractivity contribution in [2.24, 2.45) is 0 Å². The van der Waals surface area contributed by atoms with Gasteiger partial charge in [0, 0.05) is 6.20 Å². The molecule has 0 aromatic carbocycles. The molecule has 0 aliphatic carbocycles. The minimum absolute atomic E-state index is 0.222. The predicted octanol–water partition coefficient (Wildman–Crippen LogP) is 1.51. The quantitative estimate of drug-likeness (QED) is 0.388. The lowest BCUT2D eigenvalue weighted by atomic mass is 10.2. The Kier molecular flexibility index (Phi) is 1.68. The van der Waals surface area contributed by atoms with Crippen molar-refractivity contribution in [1.29, 1.82) is 0 Å². The summed E-state index contributed by atoms with van der Waals surface area (Å²) < 4.78 is 12.5. The molecule has 1 rings (SSSR count). The van der Waals surface area contributed by atoms with Crippen molar-refractivity contribution < 1.29 is 4.39 Å². The molecule has 1 nitrogen and oxygen atoms in total. The number of hydrogen-bond donors (Lipinski definition) is 0. The molecule has 0 radical (unpaired) electrons. The van der Waals surface area contributed by atoms with Crippen LogP contribution < -0.4 is 0 Å². The van der Waals surface area contributed by atoms with E-state index < -0.39 is 5.95 Å². The van der Waals surface area contributed by atoms with E-state index in [2.05, 4.69) is 10.9 Å². The number of pyridine rings is 1. The number of rotatable bonds is 0. The predicted molar refractivity (Wildman–Crippen MR) is 36.9 cm³/mol. The van der Waals surface area contributed by atoms with E-state index in [1.165, 1.54) is 6.20 Å². The zero-order valence-electron chi connectivity index (χ0n) is 5.56. The Labute approximate surface area is 58.9 Å². The summed E-state index contributed by atoms with van der Waals surface area (Å²) >= 11 is 0. The van der Waals surface area contributed by atoms with Gasteiger partial charge < -0.3 is 0 Å². The second-order valence-corrected chi connectivity index (χ2v) is 2.00. The molecule has 0 aliphatic heterocycles. The Morgan fingerprint density at radius 2 is 2.40 bits per heavy atom. The third-order valence-electron chi connectivity index (χ3n) is 1.13. The van der Waals surface area contributed by atoms with Crippen LogP contribution in [0.1, 0.15) is 11.1 Å². The molecule has 0 atom stereocenters. The van der Waals surface area contributed by atoms with Gasteiger partial charge in [0.05, 0.1) is 5.56 Å². The highest BCUT2D eigenvalue weighted by molar-refractivity contribution is 5.32. The van der Waals surface area contributed by atoms with Crippen LogP contribution in [0.15, 0.2) is 12.3 Å². The van der Waals surface area contributed by atoms with E-state index in [-0.39, 0.29) is 5.56 Å². The molecule has 0 N–H and O–H groups in total. The first-order valence-electron chi connectivity index (χ1n) is 2.83. The Balaban J connectivity index is 3.25. The number of halogens is 1. The first-order chi connectivity index (χ1) is 4.74. The van der Waals surface area contributed by atoms with Gasteiger partial charge in [-0.25, -0.2) is 4.98 Å². The van der Waals surface area contributed by atoms with Gasteiger partial charge in [0.2, 0.25) is 5.95 Å². The van der Waals surface area contributed by atoms with Crippen LogP contribution in [0, 0.1) is 25.2 Å². The minimum atomic E-state index is -0.576. The van der Waals surface area contributed by atoms with E-state index in [0.717, 1.165) is 5.56 Å². The number of aromatic nitrogens is 1. The summed E-state index contributed by atoms with van der Waals surface area (Å²) in [4.78, 5) is 3.44. The number of terminal acetylenes is 1. The lowest BCUT2D eigenvalue weighted by Crippen LogP contribution is -1.88. The highest BCUT2D eigenvalue weighted by Gasteiger charge is 1.97. The summed E-state index contributed by atoms with van der Waals surface area (Å²) in [6.45, 7) is 1.81. The maximum absolute atomic E-state index is 12.5. The van der Waals surface area contributed by atoms with Crippen LogP contribution in [-0.2, 0) is 0 Å². The van der Waals surface area contributed by atoms with E-state index in [1.807, 2.05) is 6.92 Å². The molecule has 1 heterocycles. The summed E-state index contributed by atoms with van der Waals surface area (Å²) in [7, 11) is 0. The Morgan fingerprint density at radius 1 is 1.70 bits per heavy atom. The molecule has 0 bridgehead atoms. The molecule has 0 amide bonds. The monoisotopic (exact) mass is 135 g/mol. The Hall–Kier alpha value is -1.36. The van der Waals surface area contributed by atoms with Crippen molar-refractivity contribution >= 4 is 0 Å². The van der Waals surface area contributed by atoms with Crippen LogP contribution in [0.25, 0.3) is 0 Å². The van der Waals surface area contributed by atoms with E-state index in [0.29, 0.717) is 0 Å². The largest absolute Gasteiger partial charge is 0.228 e. The third-order valence-corrected chi connectivity index (χ3v) is 1.13. The van der Waals surface area contributed by atoms with Gasteiger partial charge in [0.25, 0.3) is 0 Å². The molecular weight excluding hydrogens is 129 g/mol. The SMILES string of the molecule is C#Cc1cc(C)cnc1F. The Morgan fingerprint density at radius 3 is 2.90 bits per heavy atom. The molecule has 0 saturated carbocycles. The molecule has 1 aromatic rings. The van der Waals surface area contributed by atoms with E-state index in [1.54, 1.807) is 6.07 Å². The molecule has 0 fully saturated rings. The topological polar surface area (TPSA) is 12.9 Å². The first kappa shape index (κ1) is 6.76. The van der Waals surface area contributed by atoms with Crippen molar-refractivity contribution in [3.8, 4) is 12.3 Å². The van der Waals surface area contributed by atoms with Crippen molar-refractivity contribution in [1.82, 2.24) is 4.98 Å². The summed E-state index contributed by atoms with van der Waals surface area (Å²) in [6, 6.07) is 1.59. The first-order valence-corrected chi connectivity index (χ1v) is 2.83. The maximum Gasteiger partial charge on any atom is 0.228 e. The lowest BCUT2D eigenvalue weighted by molar-refractivity contribution is 0.579. The molecular formula is C8H6FN. The van der Waals surface area contributed by atoms with Gasteiger partial charge in [-0.3, -0.25) is 0 Å². The highest BCUT2D eigenvalue weighted by atomic mass is 19.1. The summed E-state index contributed by atoms with van der Waals surface area (Å²) in [6.07, 6.45) is 6.43. The molecule has 0 saturated heterocycles. The van der Waals surface area contributed by atoms with Crippen molar-refractivity contribution in [2.45, 2.75) is 6.92 Å². The fourth-order valence-corrected chi connectivity index (χ4v) is 0.654. The number of hydrogen-bond acceptors (Lipinski definition) is 1. The molecule has 0 aliphatic rings. The van der Waals surface area contributed by atoms with Gasteiger partial charge in [-0.1, -0.05) is 5.92 Å². The average molecular weight is 135 g/mol. The van der Waals surface area contributed by atoms with E-state index in [4.69, 9.17) is 6.42 Å². The van der Waals surface area contributed by atoms with Gasteiger partial charge in [-0.2, -0.15) is 4.39 Å². The van der Waals surface area contributed by atoms with E-state index in [9.17, 15) is 4.39 Å². The molecule has 50 valence electrons. The fourth-order valence-electron chi connectivity index (χ4n) is 0.654. The molecule has 2 heteroatoms. The van der Waals surface area contributed by atoms with Crippen LogP contribution in [0.4, 0.5) is 4.39 Å². The van der Waals surface area contributed by atoms with Crippen LogP contribution in [0.5, 0.6) is 0 Å². The average Bonchev–Trinajstić information content (AvgIpc) is 1.94. The smallest absolute Gasteiger partial charge is 0.227 e. The Bertz CT molecular complexity index is 286. The fraction of sp³-hybridized carbons (Fsp3) is 0.125.